The van der Waals surface area contributed by atoms with Gasteiger partial charge in [0, 0.05) is 62.5 Å². The van der Waals surface area contributed by atoms with Crippen molar-refractivity contribution in [2.24, 2.45) is 0 Å². The first-order valence-corrected chi connectivity index (χ1v) is 23.5. The number of anilines is 1. The second-order valence-electron chi connectivity index (χ2n) is 17.5. The number of hydrogen-bond acceptors (Lipinski definition) is 8. The van der Waals surface area contributed by atoms with Crippen LogP contribution in [0.2, 0.25) is 0 Å². The van der Waals surface area contributed by atoms with Crippen LogP contribution >= 0.6 is 11.8 Å². The molecule has 4 amide bonds. The summed E-state index contributed by atoms with van der Waals surface area (Å²) < 4.78 is 13.4. The Morgan fingerprint density at radius 3 is 2.20 bits per heavy atom. The molecule has 1 aliphatic carbocycles. The van der Waals surface area contributed by atoms with Crippen LogP contribution in [0.1, 0.15) is 88.3 Å². The highest BCUT2D eigenvalue weighted by Crippen LogP contribution is 2.46. The number of aryl methyl sites for hydroxylation is 1. The third kappa shape index (κ3) is 12.5. The van der Waals surface area contributed by atoms with Crippen LogP contribution in [-0.2, 0) is 25.6 Å². The molecule has 0 radical (unpaired) electrons. The lowest BCUT2D eigenvalue weighted by atomic mass is 9.98. The van der Waals surface area contributed by atoms with Gasteiger partial charge in [-0.25, -0.2) is 9.59 Å². The van der Waals surface area contributed by atoms with Gasteiger partial charge in [-0.15, -0.1) is 0 Å². The molecule has 4 aromatic carbocycles. The number of amides is 4. The normalized spacial score (nSPS) is 14.0. The number of alkyl carbamates (subject to hydrolysis) is 2. The molecule has 12 nitrogen and oxygen atoms in total. The summed E-state index contributed by atoms with van der Waals surface area (Å²) in [5, 5.41) is 13.6. The summed E-state index contributed by atoms with van der Waals surface area (Å²) >= 11 is 1.79. The number of carbonyl (C=O) groups excluding carboxylic acids is 4. The van der Waals surface area contributed by atoms with Crippen LogP contribution in [0.3, 0.4) is 0 Å². The van der Waals surface area contributed by atoms with Gasteiger partial charge in [0.15, 0.2) is 6.20 Å². The second kappa shape index (κ2) is 22.0. The number of hydrogen-bond donors (Lipinski definition) is 4. The number of aromatic nitrogens is 1. The Kier molecular flexibility index (Phi) is 15.8. The third-order valence-electron chi connectivity index (χ3n) is 11.6. The van der Waals surface area contributed by atoms with Crippen molar-refractivity contribution in [3.63, 3.8) is 0 Å². The number of nitrogens with zero attached hydrogens (tertiary/aromatic N) is 2. The van der Waals surface area contributed by atoms with Gasteiger partial charge < -0.3 is 35.6 Å². The highest BCUT2D eigenvalue weighted by atomic mass is 32.2. The first-order chi connectivity index (χ1) is 31.4. The van der Waals surface area contributed by atoms with E-state index < -0.39 is 23.8 Å². The van der Waals surface area contributed by atoms with Crippen LogP contribution in [-0.4, -0.2) is 68.9 Å². The minimum Gasteiger partial charge on any atom is -0.449 e. The number of nitrogens with one attached hydrogen (secondary N) is 4. The van der Waals surface area contributed by atoms with Crippen molar-refractivity contribution >= 4 is 58.4 Å². The van der Waals surface area contributed by atoms with E-state index >= 15 is 0 Å². The van der Waals surface area contributed by atoms with Gasteiger partial charge in [-0.3, -0.25) is 9.59 Å². The Bertz CT molecular complexity index is 2470. The number of ether oxygens (including phenoxy) is 2. The topological polar surface area (TPSA) is 142 Å². The van der Waals surface area contributed by atoms with Crippen molar-refractivity contribution in [3.8, 4) is 11.1 Å². The predicted molar refractivity (Wildman–Crippen MR) is 257 cm³/mol. The third-order valence-corrected chi connectivity index (χ3v) is 12.8. The van der Waals surface area contributed by atoms with E-state index in [9.17, 15) is 19.2 Å². The van der Waals surface area contributed by atoms with E-state index in [-0.39, 0.29) is 37.4 Å². The van der Waals surface area contributed by atoms with Gasteiger partial charge in [-0.1, -0.05) is 84.6 Å². The van der Waals surface area contributed by atoms with E-state index in [2.05, 4.69) is 129 Å². The molecule has 1 unspecified atom stereocenters. The lowest BCUT2D eigenvalue weighted by Crippen LogP contribution is -2.49. The largest absolute Gasteiger partial charge is 0.449 e. The van der Waals surface area contributed by atoms with Crippen LogP contribution < -0.4 is 30.7 Å². The summed E-state index contributed by atoms with van der Waals surface area (Å²) in [5.41, 5.74) is 7.46. The molecule has 1 aliphatic heterocycles. The molecule has 1 aromatic heterocycles. The molecular formula is C52H61N6O6S+. The van der Waals surface area contributed by atoms with Crippen molar-refractivity contribution in [3.05, 3.63) is 131 Å². The van der Waals surface area contributed by atoms with Gasteiger partial charge in [-0.05, 0) is 105 Å². The fourth-order valence-electron chi connectivity index (χ4n) is 8.38. The van der Waals surface area contributed by atoms with E-state index in [1.54, 1.807) is 32.5 Å². The lowest BCUT2D eigenvalue weighted by molar-refractivity contribution is -0.671. The molecule has 5 aromatic rings. The van der Waals surface area contributed by atoms with E-state index in [0.717, 1.165) is 48.1 Å². The molecule has 2 heterocycles. The predicted octanol–water partition coefficient (Wildman–Crippen LogP) is 9.06. The monoisotopic (exact) mass is 897 g/mol. The van der Waals surface area contributed by atoms with Crippen molar-refractivity contribution in [2.75, 3.05) is 38.2 Å². The molecule has 0 saturated carbocycles. The molecule has 0 saturated heterocycles. The number of para-hydroxylation sites is 2. The van der Waals surface area contributed by atoms with Crippen molar-refractivity contribution < 1.29 is 33.2 Å². The summed E-state index contributed by atoms with van der Waals surface area (Å²) in [6, 6.07) is 34.7. The summed E-state index contributed by atoms with van der Waals surface area (Å²) in [7, 11) is 2.11. The summed E-state index contributed by atoms with van der Waals surface area (Å²) in [5.74, 6) is -0.475. The molecule has 7 rings (SSSR count). The van der Waals surface area contributed by atoms with Gasteiger partial charge >= 0.3 is 12.2 Å². The Morgan fingerprint density at radius 1 is 0.754 bits per heavy atom. The average molecular weight is 898 g/mol. The molecule has 13 heteroatoms. The molecular weight excluding hydrogens is 837 g/mol. The quantitative estimate of drug-likeness (QED) is 0.0476. The zero-order valence-corrected chi connectivity index (χ0v) is 38.7. The highest BCUT2D eigenvalue weighted by molar-refractivity contribution is 8.03. The van der Waals surface area contributed by atoms with Crippen LogP contribution in [0, 0.1) is 0 Å². The molecule has 340 valence electrons. The van der Waals surface area contributed by atoms with Crippen LogP contribution in [0.4, 0.5) is 15.3 Å². The Hall–Kier alpha value is -6.34. The summed E-state index contributed by atoms with van der Waals surface area (Å²) in [6.45, 7) is 7.15. The maximum Gasteiger partial charge on any atom is 0.408 e. The van der Waals surface area contributed by atoms with Crippen molar-refractivity contribution in [2.45, 2.75) is 94.7 Å². The van der Waals surface area contributed by atoms with Gasteiger partial charge in [0.05, 0.1) is 16.1 Å². The summed E-state index contributed by atoms with van der Waals surface area (Å²) in [4.78, 5) is 54.8. The molecule has 0 bridgehead atoms. The maximum atomic E-state index is 13.2. The van der Waals surface area contributed by atoms with E-state index in [4.69, 9.17) is 9.47 Å². The maximum absolute atomic E-state index is 13.2. The smallest absolute Gasteiger partial charge is 0.408 e. The SMILES string of the molecule is CN1C(=Cc2cc[n+](CCCCCC(=O)NCCNC(=O)C(CCCCNC(=O)OCC3c4ccccc4-c4ccccc43)NC(=O)OC(C)(C)C)c3ccccc23)Sc2ccccc21. The van der Waals surface area contributed by atoms with Crippen LogP contribution in [0.5, 0.6) is 0 Å². The molecule has 65 heavy (non-hydrogen) atoms. The zero-order valence-electron chi connectivity index (χ0n) is 37.9. The van der Waals surface area contributed by atoms with Crippen LogP contribution in [0.15, 0.2) is 119 Å². The number of pyridine rings is 1. The van der Waals surface area contributed by atoms with Crippen molar-refractivity contribution in [1.29, 1.82) is 0 Å². The van der Waals surface area contributed by atoms with Gasteiger partial charge in [-0.2, -0.15) is 4.57 Å². The van der Waals surface area contributed by atoms with Gasteiger partial charge in [0.1, 0.15) is 24.8 Å². The fourth-order valence-corrected chi connectivity index (χ4v) is 9.49. The number of rotatable bonds is 19. The number of benzene rings is 4. The van der Waals surface area contributed by atoms with Crippen molar-refractivity contribution in [1.82, 2.24) is 21.3 Å². The first-order valence-electron chi connectivity index (χ1n) is 22.7. The zero-order chi connectivity index (χ0) is 45.8. The van der Waals surface area contributed by atoms with E-state index in [1.807, 2.05) is 24.3 Å². The van der Waals surface area contributed by atoms with E-state index in [1.165, 1.54) is 32.1 Å². The molecule has 0 spiro atoms. The summed E-state index contributed by atoms with van der Waals surface area (Å²) in [6.07, 6.45) is 7.63. The molecule has 2 aliphatic rings. The minimum absolute atomic E-state index is 0.0293. The number of fused-ring (bicyclic) bond motifs is 5. The Labute approximate surface area is 386 Å². The van der Waals surface area contributed by atoms with E-state index in [0.29, 0.717) is 32.2 Å². The molecule has 1 atom stereocenters. The number of unbranched alkanes of at least 4 members (excludes halogenated alkanes) is 3. The highest BCUT2D eigenvalue weighted by Gasteiger charge is 2.29. The van der Waals surface area contributed by atoms with Gasteiger partial charge in [0.25, 0.3) is 0 Å². The average Bonchev–Trinajstić information content (AvgIpc) is 3.79. The first kappa shape index (κ1) is 46.6. The number of thioether (sulfide) groups is 1. The van der Waals surface area contributed by atoms with Crippen LogP contribution in [0.25, 0.3) is 28.1 Å². The number of carbonyl (C=O) groups is 4. The molecule has 4 N–H and O–H groups in total. The Morgan fingerprint density at radius 2 is 1.45 bits per heavy atom. The standard InChI is InChI=1S/C52H60N6O6S/c1-52(2,3)64-51(62)56-43(23-15-16-29-55-50(61)63-35-42-40-21-9-7-19-38(40)39-20-8-10-22-41(39)42)49(60)54-31-30-53-47(59)27-6-5-17-32-58-33-28-36(37-18-11-12-24-44(37)58)34-48-57(4)45-25-13-14-26-46(45)65-48/h7-14,18-22,24-26,28,33-34,42-43H,5-6,15-17,23,27,29-32,35H2,1-4H3,(H3-,53,54,55,56,59,60,61,62)/p+1. The van der Waals surface area contributed by atoms with Gasteiger partial charge in [0.2, 0.25) is 17.3 Å². The molecule has 0 fully saturated rings. The lowest BCUT2D eigenvalue weighted by Gasteiger charge is -2.23. The minimum atomic E-state index is -0.857. The second-order valence-corrected chi connectivity index (χ2v) is 18.6. The fraction of sp³-hybridized carbons (Fsp3) is 0.365. The Balaban J connectivity index is 0.792.